The Kier molecular flexibility index (Phi) is 5.22. The summed E-state index contributed by atoms with van der Waals surface area (Å²) in [5.41, 5.74) is 3.89. The highest BCUT2D eigenvalue weighted by Gasteiger charge is 2.28. The maximum absolute atomic E-state index is 12.7. The first-order valence-electron chi connectivity index (χ1n) is 10.5. The largest absolute Gasteiger partial charge is 0.456 e. The molecule has 5 rings (SSSR count). The highest BCUT2D eigenvalue weighted by Crippen LogP contribution is 2.31. The first-order chi connectivity index (χ1) is 16.0. The average Bonchev–Trinajstić information content (AvgIpc) is 2.83. The van der Waals surface area contributed by atoms with E-state index >= 15 is 0 Å². The van der Waals surface area contributed by atoms with Crippen molar-refractivity contribution in [2.45, 2.75) is 26.1 Å². The van der Waals surface area contributed by atoms with Crippen LogP contribution in [0.25, 0.3) is 5.65 Å². The average molecular weight is 440 g/mol. The number of cyclic esters (lactones) is 1. The molecule has 0 bridgehead atoms. The Morgan fingerprint density at radius 2 is 1.91 bits per heavy atom. The van der Waals surface area contributed by atoms with E-state index in [-0.39, 0.29) is 12.2 Å². The van der Waals surface area contributed by atoms with Crippen LogP contribution in [0.3, 0.4) is 0 Å². The van der Waals surface area contributed by atoms with Gasteiger partial charge in [0, 0.05) is 18.7 Å². The molecular weight excluding hydrogens is 420 g/mol. The summed E-state index contributed by atoms with van der Waals surface area (Å²) in [4.78, 5) is 41.9. The minimum absolute atomic E-state index is 0.134. The molecule has 2 aromatic carbocycles. The lowest BCUT2D eigenvalue weighted by molar-refractivity contribution is 0.0251. The van der Waals surface area contributed by atoms with Gasteiger partial charge in [-0.25, -0.2) is 14.6 Å². The van der Waals surface area contributed by atoms with Gasteiger partial charge < -0.3 is 9.47 Å². The quantitative estimate of drug-likeness (QED) is 0.449. The lowest BCUT2D eigenvalue weighted by atomic mass is 9.93. The number of aromatic nitrogens is 2. The van der Waals surface area contributed by atoms with Gasteiger partial charge in [-0.3, -0.25) is 9.20 Å². The normalized spacial score (nSPS) is 15.1. The second-order valence-corrected chi connectivity index (χ2v) is 7.93. The van der Waals surface area contributed by atoms with E-state index in [4.69, 9.17) is 9.47 Å². The lowest BCUT2D eigenvalue weighted by Gasteiger charge is -2.25. The number of carbonyl (C=O) groups is 2. The second-order valence-electron chi connectivity index (χ2n) is 7.93. The van der Waals surface area contributed by atoms with Crippen molar-refractivity contribution in [3.05, 3.63) is 117 Å². The molecule has 2 aromatic heterocycles. The van der Waals surface area contributed by atoms with E-state index in [0.717, 1.165) is 16.7 Å². The smallest absolute Gasteiger partial charge is 0.339 e. The molecule has 0 fully saturated rings. The highest BCUT2D eigenvalue weighted by molar-refractivity contribution is 5.95. The van der Waals surface area contributed by atoms with E-state index in [1.54, 1.807) is 24.4 Å². The molecular formula is C26H20N2O5. The molecule has 4 aromatic rings. The first-order valence-corrected chi connectivity index (χ1v) is 10.5. The topological polar surface area (TPSA) is 87.0 Å². The van der Waals surface area contributed by atoms with Crippen molar-refractivity contribution in [1.82, 2.24) is 9.38 Å². The summed E-state index contributed by atoms with van der Waals surface area (Å²) in [5, 5.41) is 0. The molecule has 7 nitrogen and oxygen atoms in total. The Morgan fingerprint density at radius 1 is 1.09 bits per heavy atom. The maximum atomic E-state index is 12.7. The number of aryl methyl sites for hydroxylation is 1. The zero-order chi connectivity index (χ0) is 22.9. The van der Waals surface area contributed by atoms with E-state index < -0.39 is 18.0 Å². The van der Waals surface area contributed by atoms with Gasteiger partial charge in [0.25, 0.3) is 5.56 Å². The molecule has 1 atom stereocenters. The van der Waals surface area contributed by atoms with Crippen LogP contribution in [-0.4, -0.2) is 21.3 Å². The fourth-order valence-electron chi connectivity index (χ4n) is 3.98. The number of hydrogen-bond acceptors (Lipinski definition) is 6. The minimum Gasteiger partial charge on any atom is -0.456 e. The van der Waals surface area contributed by atoms with Crippen molar-refractivity contribution < 1.29 is 19.1 Å². The number of fused-ring (bicyclic) bond motifs is 2. The molecule has 0 saturated carbocycles. The molecule has 0 radical (unpaired) electrons. The Balaban J connectivity index is 1.35. The van der Waals surface area contributed by atoms with Crippen molar-refractivity contribution in [2.75, 3.05) is 0 Å². The summed E-state index contributed by atoms with van der Waals surface area (Å²) in [6.07, 6.45) is 1.71. The van der Waals surface area contributed by atoms with Gasteiger partial charge in [-0.1, -0.05) is 36.4 Å². The summed E-state index contributed by atoms with van der Waals surface area (Å²) >= 11 is 0. The van der Waals surface area contributed by atoms with Crippen LogP contribution in [0.2, 0.25) is 0 Å². The summed E-state index contributed by atoms with van der Waals surface area (Å²) < 4.78 is 12.4. The molecule has 0 N–H and O–H groups in total. The third-order valence-corrected chi connectivity index (χ3v) is 5.68. The molecule has 3 heterocycles. The number of rotatable bonds is 4. The van der Waals surface area contributed by atoms with E-state index in [1.807, 2.05) is 43.3 Å². The third kappa shape index (κ3) is 4.01. The lowest BCUT2D eigenvalue weighted by Crippen LogP contribution is -2.22. The Morgan fingerprint density at radius 3 is 2.73 bits per heavy atom. The van der Waals surface area contributed by atoms with Gasteiger partial charge >= 0.3 is 11.9 Å². The van der Waals surface area contributed by atoms with E-state index in [0.29, 0.717) is 28.9 Å². The zero-order valence-corrected chi connectivity index (χ0v) is 17.9. The van der Waals surface area contributed by atoms with Crippen molar-refractivity contribution in [1.29, 1.82) is 0 Å². The SMILES string of the molecule is Cc1cccn2c(=O)cc(COC(=O)c3ccc4c(c3)C[C@@H](c3ccccc3)OC4=O)nc12. The number of pyridine rings is 1. The van der Waals surface area contributed by atoms with E-state index in [2.05, 4.69) is 4.98 Å². The predicted molar refractivity (Wildman–Crippen MR) is 120 cm³/mol. The van der Waals surface area contributed by atoms with Crippen molar-refractivity contribution in [3.8, 4) is 0 Å². The molecule has 0 spiro atoms. The predicted octanol–water partition coefficient (Wildman–Crippen LogP) is 3.81. The molecule has 33 heavy (non-hydrogen) atoms. The maximum Gasteiger partial charge on any atom is 0.339 e. The summed E-state index contributed by atoms with van der Waals surface area (Å²) in [6.45, 7) is 1.73. The van der Waals surface area contributed by atoms with Crippen LogP contribution in [0.4, 0.5) is 0 Å². The standard InChI is InChI=1S/C26H20N2O5/c1-16-6-5-11-28-23(29)14-20(27-24(16)28)15-32-25(30)18-9-10-21-19(12-18)13-22(33-26(21)31)17-7-3-2-4-8-17/h2-12,14,22H,13,15H2,1H3/t22-/m0/s1. The Labute approximate surface area is 189 Å². The van der Waals surface area contributed by atoms with Gasteiger partial charge in [0.2, 0.25) is 0 Å². The Hall–Kier alpha value is -4.26. The van der Waals surface area contributed by atoms with Gasteiger partial charge in [0.1, 0.15) is 18.4 Å². The fraction of sp³-hybridized carbons (Fsp3) is 0.154. The van der Waals surface area contributed by atoms with Gasteiger partial charge in [-0.05, 0) is 47.9 Å². The number of nitrogens with zero attached hydrogens (tertiary/aromatic N) is 2. The van der Waals surface area contributed by atoms with E-state index in [9.17, 15) is 14.4 Å². The van der Waals surface area contributed by atoms with Crippen LogP contribution < -0.4 is 5.56 Å². The van der Waals surface area contributed by atoms with Crippen LogP contribution in [0, 0.1) is 6.92 Å². The monoisotopic (exact) mass is 440 g/mol. The van der Waals surface area contributed by atoms with Crippen LogP contribution in [0.15, 0.2) is 77.7 Å². The first kappa shape index (κ1) is 20.6. The third-order valence-electron chi connectivity index (χ3n) is 5.68. The number of esters is 2. The molecule has 1 aliphatic rings. The summed E-state index contributed by atoms with van der Waals surface area (Å²) in [5.74, 6) is -0.971. The molecule has 0 saturated heterocycles. The van der Waals surface area contributed by atoms with Crippen LogP contribution in [0.1, 0.15) is 49.2 Å². The summed E-state index contributed by atoms with van der Waals surface area (Å²) in [6, 6.07) is 19.3. The van der Waals surface area contributed by atoms with Crippen LogP contribution in [0.5, 0.6) is 0 Å². The van der Waals surface area contributed by atoms with Gasteiger partial charge in [0.05, 0.1) is 16.8 Å². The summed E-state index contributed by atoms with van der Waals surface area (Å²) in [7, 11) is 0. The molecule has 7 heteroatoms. The van der Waals surface area contributed by atoms with Gasteiger partial charge in [-0.2, -0.15) is 0 Å². The zero-order valence-electron chi connectivity index (χ0n) is 17.9. The molecule has 0 aliphatic carbocycles. The minimum atomic E-state index is -0.556. The van der Waals surface area contributed by atoms with E-state index in [1.165, 1.54) is 16.5 Å². The van der Waals surface area contributed by atoms with Crippen LogP contribution in [-0.2, 0) is 22.5 Å². The van der Waals surface area contributed by atoms with Crippen molar-refractivity contribution in [3.63, 3.8) is 0 Å². The molecule has 164 valence electrons. The highest BCUT2D eigenvalue weighted by atomic mass is 16.5. The number of carbonyl (C=O) groups excluding carboxylic acids is 2. The van der Waals surface area contributed by atoms with Crippen molar-refractivity contribution in [2.24, 2.45) is 0 Å². The molecule has 0 amide bonds. The molecule has 1 aliphatic heterocycles. The second kappa shape index (κ2) is 8.35. The number of ether oxygens (including phenoxy) is 2. The van der Waals surface area contributed by atoms with Gasteiger partial charge in [0.15, 0.2) is 0 Å². The fourth-order valence-corrected chi connectivity index (χ4v) is 3.98. The van der Waals surface area contributed by atoms with Crippen LogP contribution >= 0.6 is 0 Å². The van der Waals surface area contributed by atoms with Crippen molar-refractivity contribution >= 4 is 17.6 Å². The molecule has 0 unspecified atom stereocenters. The number of benzene rings is 2. The van der Waals surface area contributed by atoms with Gasteiger partial charge in [-0.15, -0.1) is 0 Å². The number of hydrogen-bond donors (Lipinski definition) is 0. The Bertz CT molecular complexity index is 1440.